The van der Waals surface area contributed by atoms with Crippen LogP contribution in [0.5, 0.6) is 0 Å². The van der Waals surface area contributed by atoms with Gasteiger partial charge < -0.3 is 10.2 Å². The van der Waals surface area contributed by atoms with Gasteiger partial charge in [-0.3, -0.25) is 9.69 Å². The van der Waals surface area contributed by atoms with Gasteiger partial charge in [-0.25, -0.2) is 4.68 Å². The highest BCUT2D eigenvalue weighted by Crippen LogP contribution is 2.25. The van der Waals surface area contributed by atoms with Crippen molar-refractivity contribution in [2.24, 2.45) is 0 Å². The number of carbonyl (C=O) groups excluding carboxylic acids is 1. The second-order valence-corrected chi connectivity index (χ2v) is 7.65. The molecule has 6 nitrogen and oxygen atoms in total. The Balaban J connectivity index is 1.60. The smallest absolute Gasteiger partial charge is 0.239 e. The van der Waals surface area contributed by atoms with E-state index in [4.69, 9.17) is 0 Å². The predicted octanol–water partition coefficient (Wildman–Crippen LogP) is 3.52. The summed E-state index contributed by atoms with van der Waals surface area (Å²) in [5.41, 5.74) is 2.59. The molecule has 3 rings (SSSR count). The first-order valence-corrected chi connectivity index (χ1v) is 9.89. The fourth-order valence-corrected chi connectivity index (χ4v) is 3.69. The van der Waals surface area contributed by atoms with Crippen LogP contribution in [0.1, 0.15) is 44.7 Å². The van der Waals surface area contributed by atoms with Gasteiger partial charge in [0.2, 0.25) is 5.91 Å². The number of likely N-dealkylation sites (N-methyl/N-ethyl adjacent to an activating group) is 1. The fourth-order valence-electron chi connectivity index (χ4n) is 3.69. The average molecular weight is 370 g/mol. The van der Waals surface area contributed by atoms with Gasteiger partial charge in [0.15, 0.2) is 0 Å². The monoisotopic (exact) mass is 369 g/mol. The van der Waals surface area contributed by atoms with Crippen molar-refractivity contribution in [2.45, 2.75) is 45.7 Å². The van der Waals surface area contributed by atoms with Gasteiger partial charge in [0.25, 0.3) is 0 Å². The lowest BCUT2D eigenvalue weighted by atomic mass is 10.1. The van der Waals surface area contributed by atoms with Crippen molar-refractivity contribution in [2.75, 3.05) is 36.9 Å². The molecule has 27 heavy (non-hydrogen) atoms. The molecule has 1 aliphatic heterocycles. The van der Waals surface area contributed by atoms with Crippen molar-refractivity contribution >= 4 is 17.4 Å². The SMILES string of the molecule is CC(C)n1nccc1NC(=O)CN(C)Cc1ccccc1N1CCCCC1. The summed E-state index contributed by atoms with van der Waals surface area (Å²) in [6.45, 7) is 7.45. The molecule has 1 fully saturated rings. The van der Waals surface area contributed by atoms with E-state index in [1.54, 1.807) is 6.20 Å². The van der Waals surface area contributed by atoms with Crippen LogP contribution in [0, 0.1) is 0 Å². The molecule has 0 saturated carbocycles. The fraction of sp³-hybridized carbons (Fsp3) is 0.524. The summed E-state index contributed by atoms with van der Waals surface area (Å²) in [7, 11) is 1.99. The molecule has 0 atom stereocenters. The largest absolute Gasteiger partial charge is 0.371 e. The molecule has 1 aliphatic rings. The van der Waals surface area contributed by atoms with Crippen LogP contribution in [0.4, 0.5) is 11.5 Å². The summed E-state index contributed by atoms with van der Waals surface area (Å²) in [5.74, 6) is 0.729. The molecule has 0 spiro atoms. The Hall–Kier alpha value is -2.34. The standard InChI is InChI=1S/C21H31N5O/c1-17(2)26-20(11-12-22-26)23-21(27)16-24(3)15-18-9-5-6-10-19(18)25-13-7-4-8-14-25/h5-6,9-12,17H,4,7-8,13-16H2,1-3H3,(H,23,27). The highest BCUT2D eigenvalue weighted by Gasteiger charge is 2.16. The van der Waals surface area contributed by atoms with Gasteiger partial charge in [0.05, 0.1) is 12.7 Å². The van der Waals surface area contributed by atoms with Gasteiger partial charge in [-0.05, 0) is 51.8 Å². The van der Waals surface area contributed by atoms with Crippen LogP contribution < -0.4 is 10.2 Å². The number of rotatable bonds is 7. The van der Waals surface area contributed by atoms with Crippen molar-refractivity contribution in [3.05, 3.63) is 42.1 Å². The second kappa shape index (κ2) is 9.04. The molecule has 1 aromatic heterocycles. The van der Waals surface area contributed by atoms with Crippen molar-refractivity contribution < 1.29 is 4.79 Å². The van der Waals surface area contributed by atoms with E-state index in [0.717, 1.165) is 25.5 Å². The lowest BCUT2D eigenvalue weighted by Crippen LogP contribution is -2.33. The molecule has 1 saturated heterocycles. The summed E-state index contributed by atoms with van der Waals surface area (Å²) >= 11 is 0. The third kappa shape index (κ3) is 5.10. The Bertz CT molecular complexity index is 749. The number of amides is 1. The summed E-state index contributed by atoms with van der Waals surface area (Å²) in [5, 5.41) is 7.24. The zero-order chi connectivity index (χ0) is 19.2. The Labute approximate surface area is 162 Å². The molecular formula is C21H31N5O. The van der Waals surface area contributed by atoms with E-state index in [9.17, 15) is 4.79 Å². The van der Waals surface area contributed by atoms with Gasteiger partial charge in [-0.1, -0.05) is 18.2 Å². The van der Waals surface area contributed by atoms with E-state index in [2.05, 4.69) is 44.5 Å². The number of hydrogen-bond donors (Lipinski definition) is 1. The lowest BCUT2D eigenvalue weighted by Gasteiger charge is -2.31. The molecule has 0 aliphatic carbocycles. The molecule has 146 valence electrons. The maximum absolute atomic E-state index is 12.5. The molecule has 0 radical (unpaired) electrons. The minimum absolute atomic E-state index is 0.0182. The molecule has 6 heteroatoms. The van der Waals surface area contributed by atoms with E-state index in [1.807, 2.05) is 31.6 Å². The first kappa shape index (κ1) is 19.4. The Morgan fingerprint density at radius 2 is 1.93 bits per heavy atom. The van der Waals surface area contributed by atoms with Gasteiger partial charge in [-0.2, -0.15) is 5.10 Å². The van der Waals surface area contributed by atoms with Crippen molar-refractivity contribution in [1.29, 1.82) is 0 Å². The molecule has 0 bridgehead atoms. The molecular weight excluding hydrogens is 338 g/mol. The van der Waals surface area contributed by atoms with Gasteiger partial charge >= 0.3 is 0 Å². The molecule has 0 unspecified atom stereocenters. The number of nitrogens with zero attached hydrogens (tertiary/aromatic N) is 4. The van der Waals surface area contributed by atoms with Gasteiger partial charge in [0.1, 0.15) is 5.82 Å². The molecule has 1 amide bonds. The number of para-hydroxylation sites is 1. The number of piperidine rings is 1. The Morgan fingerprint density at radius 1 is 1.19 bits per heavy atom. The molecule has 1 N–H and O–H groups in total. The highest BCUT2D eigenvalue weighted by molar-refractivity contribution is 5.91. The van der Waals surface area contributed by atoms with Crippen molar-refractivity contribution in [3.8, 4) is 0 Å². The minimum atomic E-state index is -0.0182. The average Bonchev–Trinajstić information content (AvgIpc) is 3.11. The summed E-state index contributed by atoms with van der Waals surface area (Å²) in [6, 6.07) is 10.6. The number of aromatic nitrogens is 2. The van der Waals surface area contributed by atoms with Crippen LogP contribution >= 0.6 is 0 Å². The second-order valence-electron chi connectivity index (χ2n) is 7.65. The number of benzene rings is 1. The Kier molecular flexibility index (Phi) is 6.50. The first-order valence-electron chi connectivity index (χ1n) is 9.89. The van der Waals surface area contributed by atoms with E-state index < -0.39 is 0 Å². The van der Waals surface area contributed by atoms with Crippen molar-refractivity contribution in [3.63, 3.8) is 0 Å². The Morgan fingerprint density at radius 3 is 2.67 bits per heavy atom. The van der Waals surface area contributed by atoms with E-state index >= 15 is 0 Å². The van der Waals surface area contributed by atoms with E-state index in [-0.39, 0.29) is 11.9 Å². The minimum Gasteiger partial charge on any atom is -0.371 e. The van der Waals surface area contributed by atoms with Gasteiger partial charge in [-0.15, -0.1) is 0 Å². The molecule has 2 heterocycles. The number of hydrogen-bond acceptors (Lipinski definition) is 4. The van der Waals surface area contributed by atoms with E-state index in [1.165, 1.54) is 30.5 Å². The zero-order valence-electron chi connectivity index (χ0n) is 16.7. The van der Waals surface area contributed by atoms with Crippen LogP contribution in [-0.2, 0) is 11.3 Å². The normalized spacial score (nSPS) is 14.8. The van der Waals surface area contributed by atoms with Crippen LogP contribution in [-0.4, -0.2) is 47.3 Å². The molecule has 1 aromatic carbocycles. The van der Waals surface area contributed by atoms with Gasteiger partial charge in [0, 0.05) is 37.4 Å². The summed E-state index contributed by atoms with van der Waals surface area (Å²) < 4.78 is 1.82. The van der Waals surface area contributed by atoms with Crippen LogP contribution in [0.25, 0.3) is 0 Å². The predicted molar refractivity (Wildman–Crippen MR) is 110 cm³/mol. The number of nitrogens with one attached hydrogen (secondary N) is 1. The lowest BCUT2D eigenvalue weighted by molar-refractivity contribution is -0.117. The topological polar surface area (TPSA) is 53.4 Å². The first-order chi connectivity index (χ1) is 13.0. The van der Waals surface area contributed by atoms with E-state index in [0.29, 0.717) is 6.54 Å². The van der Waals surface area contributed by atoms with Crippen LogP contribution in [0.3, 0.4) is 0 Å². The summed E-state index contributed by atoms with van der Waals surface area (Å²) in [6.07, 6.45) is 5.56. The maximum atomic E-state index is 12.5. The third-order valence-electron chi connectivity index (χ3n) is 4.97. The zero-order valence-corrected chi connectivity index (χ0v) is 16.7. The maximum Gasteiger partial charge on any atom is 0.239 e. The number of anilines is 2. The third-order valence-corrected chi connectivity index (χ3v) is 4.97. The van der Waals surface area contributed by atoms with Crippen LogP contribution in [0.15, 0.2) is 36.5 Å². The summed E-state index contributed by atoms with van der Waals surface area (Å²) in [4.78, 5) is 17.0. The quantitative estimate of drug-likeness (QED) is 0.811. The van der Waals surface area contributed by atoms with Crippen LogP contribution in [0.2, 0.25) is 0 Å². The highest BCUT2D eigenvalue weighted by atomic mass is 16.2. The molecule has 2 aromatic rings. The van der Waals surface area contributed by atoms with Crippen molar-refractivity contribution in [1.82, 2.24) is 14.7 Å². The number of carbonyl (C=O) groups is 1.